The van der Waals surface area contributed by atoms with Gasteiger partial charge in [-0.1, -0.05) is 24.3 Å². The number of benzene rings is 2. The molecule has 1 saturated heterocycles. The van der Waals surface area contributed by atoms with Crippen molar-refractivity contribution in [3.63, 3.8) is 0 Å². The second-order valence-corrected chi connectivity index (χ2v) is 8.13. The summed E-state index contributed by atoms with van der Waals surface area (Å²) >= 11 is 0. The molecule has 150 valence electrons. The fourth-order valence-electron chi connectivity index (χ4n) is 4.42. The standard InChI is InChI=1S/C23H24FN3O2/c1-13-6-4-5-7-16(13)20-9-8-17-18(23(28)27-11-15(24)12-27)10-19-21(22(17)29-20)25-14(2)26(19)3/h4-7,10,15,20H,8-9,11-12H2,1-3H3/t20-/m0/s1. The molecule has 5 rings (SSSR count). The van der Waals surface area contributed by atoms with Gasteiger partial charge in [0, 0.05) is 18.2 Å². The third-order valence-corrected chi connectivity index (χ3v) is 6.26. The average Bonchev–Trinajstić information content (AvgIpc) is 2.99. The molecule has 1 amide bonds. The number of carbonyl (C=O) groups is 1. The van der Waals surface area contributed by atoms with Crippen LogP contribution in [-0.4, -0.2) is 39.6 Å². The van der Waals surface area contributed by atoms with Crippen molar-refractivity contribution in [1.29, 1.82) is 0 Å². The van der Waals surface area contributed by atoms with Crippen LogP contribution < -0.4 is 4.74 Å². The molecular weight excluding hydrogens is 369 g/mol. The van der Waals surface area contributed by atoms with Crippen LogP contribution in [0.3, 0.4) is 0 Å². The quantitative estimate of drug-likeness (QED) is 0.660. The molecule has 1 aromatic heterocycles. The van der Waals surface area contributed by atoms with E-state index in [1.807, 2.05) is 36.7 Å². The summed E-state index contributed by atoms with van der Waals surface area (Å²) in [5.74, 6) is 1.45. The van der Waals surface area contributed by atoms with Gasteiger partial charge in [0.1, 0.15) is 23.6 Å². The van der Waals surface area contributed by atoms with Crippen LogP contribution in [0.25, 0.3) is 11.0 Å². The highest BCUT2D eigenvalue weighted by Crippen LogP contribution is 2.42. The summed E-state index contributed by atoms with van der Waals surface area (Å²) in [6.45, 7) is 4.37. The van der Waals surface area contributed by atoms with Crippen molar-refractivity contribution >= 4 is 16.9 Å². The second-order valence-electron chi connectivity index (χ2n) is 8.13. The molecule has 5 nitrogen and oxygen atoms in total. The fourth-order valence-corrected chi connectivity index (χ4v) is 4.42. The number of alkyl halides is 1. The number of rotatable bonds is 2. The first-order chi connectivity index (χ1) is 13.9. The van der Waals surface area contributed by atoms with Crippen molar-refractivity contribution < 1.29 is 13.9 Å². The van der Waals surface area contributed by atoms with E-state index in [2.05, 4.69) is 19.1 Å². The fraction of sp³-hybridized carbons (Fsp3) is 0.391. The van der Waals surface area contributed by atoms with Gasteiger partial charge in [-0.15, -0.1) is 0 Å². The van der Waals surface area contributed by atoms with Crippen molar-refractivity contribution in [2.75, 3.05) is 13.1 Å². The molecule has 0 aliphatic carbocycles. The lowest BCUT2D eigenvalue weighted by molar-refractivity contribution is 0.0397. The lowest BCUT2D eigenvalue weighted by atomic mass is 9.91. The Hall–Kier alpha value is -2.89. The molecule has 6 heteroatoms. The molecule has 1 fully saturated rings. The number of hydrogen-bond donors (Lipinski definition) is 0. The minimum atomic E-state index is -0.917. The zero-order chi connectivity index (χ0) is 20.3. The van der Waals surface area contributed by atoms with E-state index < -0.39 is 6.17 Å². The normalized spacial score (nSPS) is 19.0. The van der Waals surface area contributed by atoms with Crippen molar-refractivity contribution in [2.24, 2.45) is 7.05 Å². The first kappa shape index (κ1) is 18.2. The number of halogens is 1. The maximum atomic E-state index is 13.3. The molecular formula is C23H24FN3O2. The first-order valence-electron chi connectivity index (χ1n) is 10.1. The summed E-state index contributed by atoms with van der Waals surface area (Å²) in [5, 5.41) is 0. The Labute approximate surface area is 169 Å². The third-order valence-electron chi connectivity index (χ3n) is 6.26. The van der Waals surface area contributed by atoms with Crippen molar-refractivity contribution in [3.8, 4) is 5.75 Å². The van der Waals surface area contributed by atoms with Crippen LogP contribution in [0.2, 0.25) is 0 Å². The average molecular weight is 393 g/mol. The van der Waals surface area contributed by atoms with Crippen molar-refractivity contribution in [3.05, 3.63) is 58.4 Å². The Kier molecular flexibility index (Phi) is 4.12. The molecule has 2 aliphatic heterocycles. The summed E-state index contributed by atoms with van der Waals surface area (Å²) in [7, 11) is 1.94. The number of ether oxygens (including phenoxy) is 1. The molecule has 0 spiro atoms. The molecule has 1 atom stereocenters. The van der Waals surface area contributed by atoms with Gasteiger partial charge in [0.25, 0.3) is 5.91 Å². The Morgan fingerprint density at radius 1 is 1.24 bits per heavy atom. The maximum Gasteiger partial charge on any atom is 0.254 e. The number of likely N-dealkylation sites (tertiary alicyclic amines) is 1. The largest absolute Gasteiger partial charge is 0.483 e. The first-order valence-corrected chi connectivity index (χ1v) is 10.1. The van der Waals surface area contributed by atoms with Gasteiger partial charge in [-0.05, 0) is 43.9 Å². The van der Waals surface area contributed by atoms with E-state index in [1.165, 1.54) is 11.1 Å². The third kappa shape index (κ3) is 2.81. The molecule has 29 heavy (non-hydrogen) atoms. The Morgan fingerprint density at radius 2 is 2.00 bits per heavy atom. The monoisotopic (exact) mass is 393 g/mol. The summed E-state index contributed by atoms with van der Waals surface area (Å²) in [4.78, 5) is 19.4. The number of imidazole rings is 1. The smallest absolute Gasteiger partial charge is 0.254 e. The number of nitrogens with zero attached hydrogens (tertiary/aromatic N) is 3. The Bertz CT molecular complexity index is 1130. The zero-order valence-corrected chi connectivity index (χ0v) is 16.9. The molecule has 2 aliphatic rings. The van der Waals surface area contributed by atoms with Gasteiger partial charge in [0.05, 0.1) is 18.6 Å². The lowest BCUT2D eigenvalue weighted by Gasteiger charge is -2.36. The number of fused-ring (bicyclic) bond motifs is 3. The highest BCUT2D eigenvalue weighted by molar-refractivity contribution is 6.02. The Morgan fingerprint density at radius 3 is 2.72 bits per heavy atom. The molecule has 3 heterocycles. The predicted octanol–water partition coefficient (Wildman–Crippen LogP) is 4.05. The number of aromatic nitrogens is 2. The van der Waals surface area contributed by atoms with Crippen LogP contribution in [-0.2, 0) is 13.5 Å². The lowest BCUT2D eigenvalue weighted by Crippen LogP contribution is -2.51. The van der Waals surface area contributed by atoms with Gasteiger partial charge in [-0.3, -0.25) is 4.79 Å². The van der Waals surface area contributed by atoms with E-state index in [9.17, 15) is 9.18 Å². The van der Waals surface area contributed by atoms with Gasteiger partial charge in [0.2, 0.25) is 0 Å². The molecule has 2 aromatic carbocycles. The van der Waals surface area contributed by atoms with Gasteiger partial charge >= 0.3 is 0 Å². The zero-order valence-electron chi connectivity index (χ0n) is 16.9. The van der Waals surface area contributed by atoms with Gasteiger partial charge in [-0.2, -0.15) is 0 Å². The highest BCUT2D eigenvalue weighted by atomic mass is 19.1. The van der Waals surface area contributed by atoms with Gasteiger partial charge < -0.3 is 14.2 Å². The van der Waals surface area contributed by atoms with Gasteiger partial charge in [0.15, 0.2) is 5.75 Å². The van der Waals surface area contributed by atoms with Crippen molar-refractivity contribution in [1.82, 2.24) is 14.5 Å². The molecule has 0 bridgehead atoms. The van der Waals surface area contributed by atoms with Crippen LogP contribution in [0, 0.1) is 13.8 Å². The SMILES string of the molecule is Cc1ccccc1[C@@H]1CCc2c(C(=O)N3CC(F)C3)cc3c(nc(C)n3C)c2O1. The van der Waals surface area contributed by atoms with Crippen LogP contribution in [0.15, 0.2) is 30.3 Å². The number of carbonyl (C=O) groups excluding carboxylic acids is 1. The minimum absolute atomic E-state index is 0.0706. The van der Waals surface area contributed by atoms with E-state index in [4.69, 9.17) is 9.72 Å². The van der Waals surface area contributed by atoms with Crippen LogP contribution >= 0.6 is 0 Å². The number of hydrogen-bond acceptors (Lipinski definition) is 3. The summed E-state index contributed by atoms with van der Waals surface area (Å²) in [6.07, 6.45) is 0.535. The van der Waals surface area contributed by atoms with E-state index in [0.717, 1.165) is 35.3 Å². The molecule has 3 aromatic rings. The highest BCUT2D eigenvalue weighted by Gasteiger charge is 2.35. The molecule has 0 unspecified atom stereocenters. The van der Waals surface area contributed by atoms with Gasteiger partial charge in [-0.25, -0.2) is 9.37 Å². The van der Waals surface area contributed by atoms with Crippen molar-refractivity contribution in [2.45, 2.75) is 39.0 Å². The predicted molar refractivity (Wildman–Crippen MR) is 109 cm³/mol. The van der Waals surface area contributed by atoms with E-state index >= 15 is 0 Å². The molecule has 0 radical (unpaired) electrons. The van der Waals surface area contributed by atoms with Crippen LogP contribution in [0.1, 0.15) is 45.4 Å². The maximum absolute atomic E-state index is 13.3. The topological polar surface area (TPSA) is 47.4 Å². The summed E-state index contributed by atoms with van der Waals surface area (Å²) < 4.78 is 21.8. The van der Waals surface area contributed by atoms with E-state index in [-0.39, 0.29) is 25.1 Å². The summed E-state index contributed by atoms with van der Waals surface area (Å²) in [6, 6.07) is 10.1. The Balaban J connectivity index is 1.63. The van der Waals surface area contributed by atoms with E-state index in [0.29, 0.717) is 11.3 Å². The minimum Gasteiger partial charge on any atom is -0.483 e. The van der Waals surface area contributed by atoms with E-state index in [1.54, 1.807) is 4.90 Å². The number of aryl methyl sites for hydroxylation is 3. The van der Waals surface area contributed by atoms with Crippen LogP contribution in [0.4, 0.5) is 4.39 Å². The molecule has 0 N–H and O–H groups in total. The molecule has 0 saturated carbocycles. The van der Waals surface area contributed by atoms with Crippen LogP contribution in [0.5, 0.6) is 5.75 Å². The number of amides is 1. The second kappa shape index (κ2) is 6.58. The summed E-state index contributed by atoms with van der Waals surface area (Å²) in [5.41, 5.74) is 5.53.